The molecule has 2 aliphatic rings. The van der Waals surface area contributed by atoms with Gasteiger partial charge in [0.15, 0.2) is 5.96 Å². The molecule has 1 saturated carbocycles. The summed E-state index contributed by atoms with van der Waals surface area (Å²) in [5, 5.41) is 3.60. The highest BCUT2D eigenvalue weighted by Crippen LogP contribution is 2.35. The normalized spacial score (nSPS) is 26.2. The molecule has 0 bridgehead atoms. The van der Waals surface area contributed by atoms with Crippen LogP contribution in [0.4, 0.5) is 0 Å². The molecule has 1 atom stereocenters. The smallest absolute Gasteiger partial charge is 0.193 e. The van der Waals surface area contributed by atoms with Crippen molar-refractivity contribution in [3.63, 3.8) is 0 Å². The summed E-state index contributed by atoms with van der Waals surface area (Å²) in [6.45, 7) is 3.88. The van der Waals surface area contributed by atoms with E-state index in [0.29, 0.717) is 5.92 Å². The summed E-state index contributed by atoms with van der Waals surface area (Å²) in [6.07, 6.45) is 6.41. The lowest BCUT2D eigenvalue weighted by molar-refractivity contribution is 0.181. The maximum Gasteiger partial charge on any atom is 0.193 e. The number of guanidine groups is 1. The average Bonchev–Trinajstić information content (AvgIpc) is 3.16. The second kappa shape index (κ2) is 11.1. The maximum absolute atomic E-state index is 5.49. The van der Waals surface area contributed by atoms with E-state index in [2.05, 4.69) is 52.6 Å². The SMILES string of the molecule is CN=C(NCC1CCC(c2ccccc2)CC1)N(C)CC1CCOC1.I. The monoisotopic (exact) mass is 471 g/mol. The molecular weight excluding hydrogens is 437 g/mol. The van der Waals surface area contributed by atoms with Crippen LogP contribution in [0.15, 0.2) is 35.3 Å². The number of benzene rings is 1. The fourth-order valence-corrected chi connectivity index (χ4v) is 4.25. The van der Waals surface area contributed by atoms with Gasteiger partial charge in [-0.3, -0.25) is 4.99 Å². The minimum absolute atomic E-state index is 0. The number of halogens is 1. The first-order valence-corrected chi connectivity index (χ1v) is 9.80. The van der Waals surface area contributed by atoms with Gasteiger partial charge in [-0.2, -0.15) is 0 Å². The van der Waals surface area contributed by atoms with Gasteiger partial charge < -0.3 is 15.0 Å². The Kier molecular flexibility index (Phi) is 9.19. The first-order chi connectivity index (χ1) is 12.3. The van der Waals surface area contributed by atoms with Crippen molar-refractivity contribution in [1.29, 1.82) is 0 Å². The molecule has 1 aromatic carbocycles. The van der Waals surface area contributed by atoms with Gasteiger partial charge in [0.2, 0.25) is 0 Å². The Labute approximate surface area is 175 Å². The molecule has 26 heavy (non-hydrogen) atoms. The van der Waals surface area contributed by atoms with Gasteiger partial charge in [-0.1, -0.05) is 30.3 Å². The fraction of sp³-hybridized carbons (Fsp3) is 0.667. The second-order valence-corrected chi connectivity index (χ2v) is 7.67. The van der Waals surface area contributed by atoms with E-state index in [9.17, 15) is 0 Å². The van der Waals surface area contributed by atoms with E-state index in [1.54, 1.807) is 0 Å². The van der Waals surface area contributed by atoms with Gasteiger partial charge in [-0.25, -0.2) is 0 Å². The molecule has 146 valence electrons. The predicted octanol–water partition coefficient (Wildman–Crippen LogP) is 4.12. The minimum Gasteiger partial charge on any atom is -0.381 e. The minimum atomic E-state index is 0. The van der Waals surface area contributed by atoms with E-state index in [-0.39, 0.29) is 24.0 Å². The number of aliphatic imine (C=N–C) groups is 1. The van der Waals surface area contributed by atoms with E-state index >= 15 is 0 Å². The molecule has 3 rings (SSSR count). The van der Waals surface area contributed by atoms with Crippen molar-refractivity contribution < 1.29 is 4.74 Å². The maximum atomic E-state index is 5.49. The summed E-state index contributed by atoms with van der Waals surface area (Å²) in [5.74, 6) is 3.18. The number of nitrogens with zero attached hydrogens (tertiary/aromatic N) is 2. The highest BCUT2D eigenvalue weighted by Gasteiger charge is 2.23. The van der Waals surface area contributed by atoms with Crippen LogP contribution in [0.2, 0.25) is 0 Å². The van der Waals surface area contributed by atoms with Crippen LogP contribution in [0.1, 0.15) is 43.6 Å². The molecule has 1 aliphatic carbocycles. The molecule has 0 amide bonds. The molecule has 4 nitrogen and oxygen atoms in total. The first kappa shape index (κ1) is 21.5. The van der Waals surface area contributed by atoms with Crippen molar-refractivity contribution in [2.24, 2.45) is 16.8 Å². The van der Waals surface area contributed by atoms with Gasteiger partial charge in [-0.15, -0.1) is 24.0 Å². The third-order valence-corrected chi connectivity index (χ3v) is 5.80. The van der Waals surface area contributed by atoms with Crippen molar-refractivity contribution in [1.82, 2.24) is 10.2 Å². The van der Waals surface area contributed by atoms with Gasteiger partial charge in [-0.05, 0) is 49.5 Å². The Balaban J connectivity index is 0.00000243. The molecule has 0 radical (unpaired) electrons. The van der Waals surface area contributed by atoms with Crippen molar-refractivity contribution in [3.05, 3.63) is 35.9 Å². The Morgan fingerprint density at radius 1 is 1.12 bits per heavy atom. The summed E-state index contributed by atoms with van der Waals surface area (Å²) < 4.78 is 5.49. The van der Waals surface area contributed by atoms with E-state index in [4.69, 9.17) is 4.74 Å². The zero-order chi connectivity index (χ0) is 17.5. The number of ether oxygens (including phenoxy) is 1. The molecule has 2 fully saturated rings. The molecule has 0 aromatic heterocycles. The van der Waals surface area contributed by atoms with Crippen LogP contribution in [-0.4, -0.2) is 51.3 Å². The van der Waals surface area contributed by atoms with Crippen molar-refractivity contribution in [2.45, 2.75) is 38.0 Å². The van der Waals surface area contributed by atoms with Gasteiger partial charge in [0.25, 0.3) is 0 Å². The molecule has 1 aromatic rings. The van der Waals surface area contributed by atoms with Crippen molar-refractivity contribution in [2.75, 3.05) is 40.4 Å². The summed E-state index contributed by atoms with van der Waals surface area (Å²) >= 11 is 0. The topological polar surface area (TPSA) is 36.9 Å². The van der Waals surface area contributed by atoms with Crippen LogP contribution < -0.4 is 5.32 Å². The molecular formula is C21H34IN3O. The molecule has 1 saturated heterocycles. The Bertz CT molecular complexity index is 537. The van der Waals surface area contributed by atoms with Crippen molar-refractivity contribution >= 4 is 29.9 Å². The molecule has 1 N–H and O–H groups in total. The largest absolute Gasteiger partial charge is 0.381 e. The first-order valence-electron chi connectivity index (χ1n) is 9.80. The second-order valence-electron chi connectivity index (χ2n) is 7.67. The van der Waals surface area contributed by atoms with E-state index in [1.165, 1.54) is 37.7 Å². The predicted molar refractivity (Wildman–Crippen MR) is 119 cm³/mol. The van der Waals surface area contributed by atoms with Crippen LogP contribution >= 0.6 is 24.0 Å². The van der Waals surface area contributed by atoms with E-state index in [1.807, 2.05) is 7.05 Å². The quantitative estimate of drug-likeness (QED) is 0.399. The molecule has 1 unspecified atom stereocenters. The average molecular weight is 471 g/mol. The van der Waals surface area contributed by atoms with E-state index < -0.39 is 0 Å². The number of nitrogens with one attached hydrogen (secondary N) is 1. The zero-order valence-corrected chi connectivity index (χ0v) is 18.5. The van der Waals surface area contributed by atoms with Crippen molar-refractivity contribution in [3.8, 4) is 0 Å². The van der Waals surface area contributed by atoms with E-state index in [0.717, 1.165) is 44.1 Å². The summed E-state index contributed by atoms with van der Waals surface area (Å²) in [7, 11) is 4.02. The lowest BCUT2D eigenvalue weighted by Crippen LogP contribution is -2.43. The fourth-order valence-electron chi connectivity index (χ4n) is 4.25. The highest BCUT2D eigenvalue weighted by molar-refractivity contribution is 14.0. The number of rotatable bonds is 5. The Morgan fingerprint density at radius 3 is 2.46 bits per heavy atom. The summed E-state index contributed by atoms with van der Waals surface area (Å²) in [6, 6.07) is 11.0. The molecule has 5 heteroatoms. The van der Waals surface area contributed by atoms with Gasteiger partial charge in [0.1, 0.15) is 0 Å². The van der Waals surface area contributed by atoms with Gasteiger partial charge >= 0.3 is 0 Å². The third-order valence-electron chi connectivity index (χ3n) is 5.80. The lowest BCUT2D eigenvalue weighted by atomic mass is 9.79. The lowest BCUT2D eigenvalue weighted by Gasteiger charge is -2.31. The van der Waals surface area contributed by atoms with Crippen LogP contribution in [-0.2, 0) is 4.74 Å². The Morgan fingerprint density at radius 2 is 1.85 bits per heavy atom. The molecule has 1 aliphatic heterocycles. The van der Waals surface area contributed by atoms with Crippen LogP contribution in [0.3, 0.4) is 0 Å². The number of hydrogen-bond acceptors (Lipinski definition) is 2. The molecule has 0 spiro atoms. The van der Waals surface area contributed by atoms with Gasteiger partial charge in [0, 0.05) is 39.7 Å². The number of hydrogen-bond donors (Lipinski definition) is 1. The third kappa shape index (κ3) is 6.12. The standard InChI is InChI=1S/C21H33N3O.HI/c1-22-21(24(2)15-18-12-13-25-16-18)23-14-17-8-10-20(11-9-17)19-6-4-3-5-7-19;/h3-7,17-18,20H,8-16H2,1-2H3,(H,22,23);1H. The summed E-state index contributed by atoms with van der Waals surface area (Å²) in [5.41, 5.74) is 1.52. The van der Waals surface area contributed by atoms with Crippen LogP contribution in [0, 0.1) is 11.8 Å². The Hall–Kier alpha value is -0.820. The highest BCUT2D eigenvalue weighted by atomic mass is 127. The van der Waals surface area contributed by atoms with Crippen LogP contribution in [0.5, 0.6) is 0 Å². The van der Waals surface area contributed by atoms with Crippen LogP contribution in [0.25, 0.3) is 0 Å². The van der Waals surface area contributed by atoms with Gasteiger partial charge in [0.05, 0.1) is 6.61 Å². The summed E-state index contributed by atoms with van der Waals surface area (Å²) in [4.78, 5) is 6.73. The zero-order valence-electron chi connectivity index (χ0n) is 16.2. The molecule has 1 heterocycles.